The number of aliphatic hydroxyl groups is 1. The average Bonchev–Trinajstić information content (AvgIpc) is 3.04. The van der Waals surface area contributed by atoms with Gasteiger partial charge < -0.3 is 20.5 Å². The highest BCUT2D eigenvalue weighted by Gasteiger charge is 2.39. The highest BCUT2D eigenvalue weighted by molar-refractivity contribution is 7.16. The SMILES string of the molecule is CNc1nc(NCC2(O)CCOC2C)c2ccsc2n1. The number of rotatable bonds is 4. The second-order valence-corrected chi connectivity index (χ2v) is 5.90. The number of fused-ring (bicyclic) bond motifs is 1. The molecule has 20 heavy (non-hydrogen) atoms. The Morgan fingerprint density at radius 2 is 2.40 bits per heavy atom. The van der Waals surface area contributed by atoms with Gasteiger partial charge in [-0.2, -0.15) is 4.98 Å². The van der Waals surface area contributed by atoms with E-state index in [9.17, 15) is 5.11 Å². The monoisotopic (exact) mass is 294 g/mol. The molecule has 6 nitrogen and oxygen atoms in total. The van der Waals surface area contributed by atoms with E-state index < -0.39 is 5.60 Å². The van der Waals surface area contributed by atoms with Crippen LogP contribution in [0.1, 0.15) is 13.3 Å². The van der Waals surface area contributed by atoms with Crippen molar-refractivity contribution in [3.05, 3.63) is 11.4 Å². The van der Waals surface area contributed by atoms with Crippen LogP contribution in [0.25, 0.3) is 10.2 Å². The molecule has 1 saturated heterocycles. The Balaban J connectivity index is 1.85. The summed E-state index contributed by atoms with van der Waals surface area (Å²) in [5.41, 5.74) is -0.840. The Morgan fingerprint density at radius 1 is 1.55 bits per heavy atom. The zero-order valence-electron chi connectivity index (χ0n) is 11.5. The first-order valence-electron chi connectivity index (χ1n) is 6.63. The van der Waals surface area contributed by atoms with Crippen molar-refractivity contribution in [3.63, 3.8) is 0 Å². The Hall–Kier alpha value is -1.44. The van der Waals surface area contributed by atoms with E-state index in [0.29, 0.717) is 25.5 Å². The minimum absolute atomic E-state index is 0.168. The molecule has 0 amide bonds. The van der Waals surface area contributed by atoms with Crippen molar-refractivity contribution in [2.24, 2.45) is 0 Å². The van der Waals surface area contributed by atoms with Crippen LogP contribution in [0.5, 0.6) is 0 Å². The first-order chi connectivity index (χ1) is 9.62. The van der Waals surface area contributed by atoms with E-state index in [1.807, 2.05) is 18.4 Å². The maximum absolute atomic E-state index is 10.5. The van der Waals surface area contributed by atoms with Gasteiger partial charge in [-0.15, -0.1) is 11.3 Å². The first kappa shape index (κ1) is 13.5. The molecule has 0 aromatic carbocycles. The van der Waals surface area contributed by atoms with E-state index in [1.165, 1.54) is 0 Å². The van der Waals surface area contributed by atoms with Crippen LogP contribution < -0.4 is 10.6 Å². The van der Waals surface area contributed by atoms with Crippen molar-refractivity contribution in [3.8, 4) is 0 Å². The molecule has 3 N–H and O–H groups in total. The zero-order valence-corrected chi connectivity index (χ0v) is 12.3. The number of hydrogen-bond acceptors (Lipinski definition) is 7. The van der Waals surface area contributed by atoms with Gasteiger partial charge in [0.15, 0.2) is 0 Å². The number of thiophene rings is 1. The summed E-state index contributed by atoms with van der Waals surface area (Å²) >= 11 is 1.57. The predicted molar refractivity (Wildman–Crippen MR) is 80.4 cm³/mol. The van der Waals surface area contributed by atoms with Crippen molar-refractivity contribution >= 4 is 33.3 Å². The van der Waals surface area contributed by atoms with Crippen LogP contribution in [0.3, 0.4) is 0 Å². The molecule has 0 bridgehead atoms. The van der Waals surface area contributed by atoms with Gasteiger partial charge in [0.1, 0.15) is 16.2 Å². The van der Waals surface area contributed by atoms with Crippen LogP contribution in [0.15, 0.2) is 11.4 Å². The molecular weight excluding hydrogens is 276 g/mol. The summed E-state index contributed by atoms with van der Waals surface area (Å²) in [5.74, 6) is 1.32. The highest BCUT2D eigenvalue weighted by Crippen LogP contribution is 2.29. The van der Waals surface area contributed by atoms with E-state index in [0.717, 1.165) is 16.0 Å². The lowest BCUT2D eigenvalue weighted by atomic mass is 9.97. The van der Waals surface area contributed by atoms with Crippen LogP contribution >= 0.6 is 11.3 Å². The summed E-state index contributed by atoms with van der Waals surface area (Å²) in [6.07, 6.45) is 0.469. The standard InChI is InChI=1S/C13H18N4O2S/c1-8-13(18,4-5-19-8)7-15-10-9-3-6-20-11(9)17-12(14-2)16-10/h3,6,8,18H,4-5,7H2,1-2H3,(H2,14,15,16,17). The van der Waals surface area contributed by atoms with Crippen LogP contribution in [0.4, 0.5) is 11.8 Å². The maximum Gasteiger partial charge on any atom is 0.225 e. The molecule has 2 aromatic heterocycles. The van der Waals surface area contributed by atoms with Crippen LogP contribution in [0.2, 0.25) is 0 Å². The predicted octanol–water partition coefficient (Wildman–Crippen LogP) is 1.68. The largest absolute Gasteiger partial charge is 0.385 e. The van der Waals surface area contributed by atoms with Crippen molar-refractivity contribution in [2.75, 3.05) is 30.8 Å². The van der Waals surface area contributed by atoms with Crippen molar-refractivity contribution in [1.82, 2.24) is 9.97 Å². The normalized spacial score (nSPS) is 26.1. The first-order valence-corrected chi connectivity index (χ1v) is 7.51. The lowest BCUT2D eigenvalue weighted by Crippen LogP contribution is -2.43. The van der Waals surface area contributed by atoms with E-state index in [2.05, 4.69) is 20.6 Å². The lowest BCUT2D eigenvalue weighted by Gasteiger charge is -2.26. The molecule has 2 unspecified atom stereocenters. The Morgan fingerprint density at radius 3 is 3.10 bits per heavy atom. The average molecular weight is 294 g/mol. The number of ether oxygens (including phenoxy) is 1. The molecule has 1 aliphatic rings. The molecule has 108 valence electrons. The Bertz CT molecular complexity index is 617. The topological polar surface area (TPSA) is 79.3 Å². The molecule has 2 atom stereocenters. The molecule has 0 aliphatic carbocycles. The molecule has 2 aromatic rings. The Kier molecular flexibility index (Phi) is 3.49. The quantitative estimate of drug-likeness (QED) is 0.796. The number of nitrogens with one attached hydrogen (secondary N) is 2. The maximum atomic E-state index is 10.5. The van der Waals surface area contributed by atoms with Crippen molar-refractivity contribution < 1.29 is 9.84 Å². The summed E-state index contributed by atoms with van der Waals surface area (Å²) in [4.78, 5) is 9.75. The molecule has 0 radical (unpaired) electrons. The summed E-state index contributed by atoms with van der Waals surface area (Å²) in [5, 5.41) is 19.7. The van der Waals surface area contributed by atoms with Crippen LogP contribution in [0, 0.1) is 0 Å². The minimum Gasteiger partial charge on any atom is -0.385 e. The molecule has 7 heteroatoms. The fourth-order valence-corrected chi connectivity index (χ4v) is 3.11. The van der Waals surface area contributed by atoms with Gasteiger partial charge in [0, 0.05) is 26.6 Å². The van der Waals surface area contributed by atoms with Gasteiger partial charge in [0.05, 0.1) is 11.5 Å². The van der Waals surface area contributed by atoms with Gasteiger partial charge >= 0.3 is 0 Å². The van der Waals surface area contributed by atoms with Gasteiger partial charge in [-0.05, 0) is 18.4 Å². The van der Waals surface area contributed by atoms with E-state index in [-0.39, 0.29) is 6.10 Å². The van der Waals surface area contributed by atoms with E-state index >= 15 is 0 Å². The molecule has 1 fully saturated rings. The van der Waals surface area contributed by atoms with Gasteiger partial charge in [-0.25, -0.2) is 4.98 Å². The summed E-state index contributed by atoms with van der Waals surface area (Å²) in [6, 6.07) is 1.99. The third kappa shape index (κ3) is 2.32. The number of nitrogens with zero attached hydrogens (tertiary/aromatic N) is 2. The second kappa shape index (κ2) is 5.16. The number of anilines is 2. The minimum atomic E-state index is -0.840. The summed E-state index contributed by atoms with van der Waals surface area (Å²) in [6.45, 7) is 2.91. The molecule has 1 aliphatic heterocycles. The number of hydrogen-bond donors (Lipinski definition) is 3. The van der Waals surface area contributed by atoms with E-state index in [4.69, 9.17) is 4.74 Å². The molecule has 0 spiro atoms. The van der Waals surface area contributed by atoms with Gasteiger partial charge in [0.2, 0.25) is 5.95 Å². The number of aromatic nitrogens is 2. The van der Waals surface area contributed by atoms with Crippen LogP contribution in [-0.4, -0.2) is 47.0 Å². The fraction of sp³-hybridized carbons (Fsp3) is 0.538. The fourth-order valence-electron chi connectivity index (χ4n) is 2.34. The third-order valence-corrected chi connectivity index (χ3v) is 4.58. The zero-order chi connectivity index (χ0) is 14.2. The van der Waals surface area contributed by atoms with Gasteiger partial charge in [0.25, 0.3) is 0 Å². The molecular formula is C13H18N4O2S. The highest BCUT2D eigenvalue weighted by atomic mass is 32.1. The summed E-state index contributed by atoms with van der Waals surface area (Å²) < 4.78 is 5.44. The van der Waals surface area contributed by atoms with Gasteiger partial charge in [-0.3, -0.25) is 0 Å². The lowest BCUT2D eigenvalue weighted by molar-refractivity contribution is -0.0176. The van der Waals surface area contributed by atoms with E-state index in [1.54, 1.807) is 18.4 Å². The Labute approximate surface area is 121 Å². The molecule has 0 saturated carbocycles. The van der Waals surface area contributed by atoms with Gasteiger partial charge in [-0.1, -0.05) is 0 Å². The third-order valence-electron chi connectivity index (χ3n) is 3.77. The van der Waals surface area contributed by atoms with Crippen LogP contribution in [-0.2, 0) is 4.74 Å². The second-order valence-electron chi connectivity index (χ2n) is 5.01. The van der Waals surface area contributed by atoms with Crippen molar-refractivity contribution in [2.45, 2.75) is 25.0 Å². The summed E-state index contributed by atoms with van der Waals surface area (Å²) in [7, 11) is 1.79. The molecule has 3 rings (SSSR count). The van der Waals surface area contributed by atoms with Crippen molar-refractivity contribution in [1.29, 1.82) is 0 Å². The smallest absolute Gasteiger partial charge is 0.225 e. The molecule has 3 heterocycles.